The van der Waals surface area contributed by atoms with Gasteiger partial charge in [0, 0.05) is 38.1 Å². The van der Waals surface area contributed by atoms with Crippen LogP contribution in [0.25, 0.3) is 16.8 Å². The average Bonchev–Trinajstić information content (AvgIpc) is 2.90. The van der Waals surface area contributed by atoms with E-state index in [0.29, 0.717) is 6.61 Å². The van der Waals surface area contributed by atoms with Crippen LogP contribution >= 0.6 is 0 Å². The number of carboxylic acids is 1. The van der Waals surface area contributed by atoms with Gasteiger partial charge in [0.2, 0.25) is 0 Å². The monoisotopic (exact) mass is 474 g/mol. The molecule has 1 aliphatic heterocycles. The summed E-state index contributed by atoms with van der Waals surface area (Å²) in [6.45, 7) is 9.95. The molecule has 0 saturated carbocycles. The zero-order valence-corrected chi connectivity index (χ0v) is 20.4. The third kappa shape index (κ3) is 7.15. The van der Waals surface area contributed by atoms with Crippen LogP contribution in [0.4, 0.5) is 0 Å². The lowest BCUT2D eigenvalue weighted by atomic mass is 10.1. The van der Waals surface area contributed by atoms with Crippen LogP contribution in [0.1, 0.15) is 22.8 Å². The van der Waals surface area contributed by atoms with Gasteiger partial charge in [-0.25, -0.2) is 4.79 Å². The molecule has 1 N–H and O–H groups in total. The molecule has 0 amide bonds. The molecule has 1 saturated heterocycles. The maximum absolute atomic E-state index is 11.2. The number of hydrogen-bond donors (Lipinski definition) is 1. The van der Waals surface area contributed by atoms with E-state index in [1.54, 1.807) is 12.1 Å². The Balaban J connectivity index is 1.50. The van der Waals surface area contributed by atoms with Gasteiger partial charge in [-0.1, -0.05) is 61.5 Å². The molecule has 1 fully saturated rings. The van der Waals surface area contributed by atoms with E-state index in [1.165, 1.54) is 0 Å². The van der Waals surface area contributed by atoms with Gasteiger partial charge in [0.05, 0.1) is 18.8 Å². The zero-order valence-electron chi connectivity index (χ0n) is 20.4. The van der Waals surface area contributed by atoms with Crippen LogP contribution in [0.5, 0.6) is 5.75 Å². The zero-order chi connectivity index (χ0) is 24.5. The van der Waals surface area contributed by atoms with Crippen molar-refractivity contribution in [1.82, 2.24) is 9.80 Å². The van der Waals surface area contributed by atoms with Crippen molar-refractivity contribution in [2.75, 3.05) is 59.1 Å². The first-order valence-electron chi connectivity index (χ1n) is 12.3. The molecule has 0 radical (unpaired) electrons. The summed E-state index contributed by atoms with van der Waals surface area (Å²) >= 11 is 0. The normalized spacial score (nSPS) is 15.0. The largest absolute Gasteiger partial charge is 0.489 e. The second-order valence-corrected chi connectivity index (χ2v) is 8.82. The second kappa shape index (κ2) is 12.5. The number of fused-ring (bicyclic) bond motifs is 1. The molecule has 3 aromatic carbocycles. The van der Waals surface area contributed by atoms with E-state index in [-0.39, 0.29) is 5.56 Å². The molecule has 1 heterocycles. The molecular formula is C29H34N2O4. The fourth-order valence-corrected chi connectivity index (χ4v) is 4.33. The number of likely N-dealkylation sites (N-methyl/N-ethyl adjacent to an activating group) is 1. The predicted molar refractivity (Wildman–Crippen MR) is 140 cm³/mol. The van der Waals surface area contributed by atoms with Gasteiger partial charge in [-0.3, -0.25) is 9.80 Å². The molecule has 184 valence electrons. The summed E-state index contributed by atoms with van der Waals surface area (Å²) in [4.78, 5) is 16.1. The van der Waals surface area contributed by atoms with E-state index < -0.39 is 5.97 Å². The van der Waals surface area contributed by atoms with Gasteiger partial charge in [0.15, 0.2) is 0 Å². The minimum absolute atomic E-state index is 0.288. The Morgan fingerprint density at radius 2 is 1.80 bits per heavy atom. The highest BCUT2D eigenvalue weighted by Crippen LogP contribution is 2.26. The van der Waals surface area contributed by atoms with Crippen molar-refractivity contribution in [3.63, 3.8) is 0 Å². The number of carbonyl (C=O) groups is 1. The molecule has 0 aliphatic carbocycles. The molecule has 0 spiro atoms. The first-order valence-corrected chi connectivity index (χ1v) is 12.3. The number of morpholine rings is 1. The lowest BCUT2D eigenvalue weighted by molar-refractivity contribution is 0.0339. The summed E-state index contributed by atoms with van der Waals surface area (Å²) in [5.74, 6) is -0.0492. The smallest absolute Gasteiger partial charge is 0.335 e. The van der Waals surface area contributed by atoms with Crippen LogP contribution in [0.2, 0.25) is 0 Å². The lowest BCUT2D eigenvalue weighted by Gasteiger charge is -2.30. The molecular weight excluding hydrogens is 440 g/mol. The highest BCUT2D eigenvalue weighted by atomic mass is 16.5. The number of rotatable bonds is 11. The fraction of sp³-hybridized carbons (Fsp3) is 0.345. The first kappa shape index (κ1) is 24.9. The van der Waals surface area contributed by atoms with E-state index in [9.17, 15) is 9.90 Å². The topological polar surface area (TPSA) is 62.2 Å². The average molecular weight is 475 g/mol. The van der Waals surface area contributed by atoms with Crippen molar-refractivity contribution in [3.8, 4) is 5.75 Å². The summed E-state index contributed by atoms with van der Waals surface area (Å²) in [7, 11) is 0. The molecule has 1 aliphatic rings. The third-order valence-corrected chi connectivity index (χ3v) is 6.40. The van der Waals surface area contributed by atoms with Crippen LogP contribution in [0.15, 0.2) is 72.3 Å². The summed E-state index contributed by atoms with van der Waals surface area (Å²) in [6, 6.07) is 21.4. The van der Waals surface area contributed by atoms with Gasteiger partial charge in [0.25, 0.3) is 0 Å². The standard InChI is InChI=1S/C29H34N2O4/c1-2-30(14-15-31-16-18-34-19-17-31)21-24(20-23-10-12-26(13-11-23)29(32)33)22-35-28-9-5-7-25-6-3-4-8-27(25)28/h3-13,20H,2,14-19,21-22H2,1H3,(H,32,33)/b24-20+. The van der Waals surface area contributed by atoms with E-state index in [1.807, 2.05) is 36.4 Å². The van der Waals surface area contributed by atoms with Gasteiger partial charge in [-0.2, -0.15) is 0 Å². The van der Waals surface area contributed by atoms with E-state index in [2.05, 4.69) is 41.0 Å². The number of carboxylic acid groups (broad SMARTS) is 1. The van der Waals surface area contributed by atoms with Crippen molar-refractivity contribution in [2.45, 2.75) is 6.92 Å². The molecule has 0 atom stereocenters. The minimum Gasteiger partial charge on any atom is -0.489 e. The first-order chi connectivity index (χ1) is 17.1. The van der Waals surface area contributed by atoms with Crippen molar-refractivity contribution in [3.05, 3.63) is 83.4 Å². The van der Waals surface area contributed by atoms with Crippen LogP contribution in [0, 0.1) is 0 Å². The molecule has 0 aromatic heterocycles. The highest BCUT2D eigenvalue weighted by molar-refractivity contribution is 5.88. The molecule has 6 heteroatoms. The van der Waals surface area contributed by atoms with Crippen LogP contribution in [0.3, 0.4) is 0 Å². The van der Waals surface area contributed by atoms with E-state index in [4.69, 9.17) is 9.47 Å². The molecule has 35 heavy (non-hydrogen) atoms. The minimum atomic E-state index is -0.916. The second-order valence-electron chi connectivity index (χ2n) is 8.82. The Bertz CT molecular complexity index is 1130. The highest BCUT2D eigenvalue weighted by Gasteiger charge is 2.14. The molecule has 6 nitrogen and oxygen atoms in total. The summed E-state index contributed by atoms with van der Waals surface area (Å²) in [5, 5.41) is 11.5. The summed E-state index contributed by atoms with van der Waals surface area (Å²) in [5.41, 5.74) is 2.40. The van der Waals surface area contributed by atoms with Crippen LogP contribution < -0.4 is 4.74 Å². The molecule has 4 rings (SSSR count). The third-order valence-electron chi connectivity index (χ3n) is 6.40. The number of benzene rings is 3. The Labute approximate surface area is 207 Å². The molecule has 0 bridgehead atoms. The van der Waals surface area contributed by atoms with Gasteiger partial charge in [-0.05, 0) is 41.3 Å². The van der Waals surface area contributed by atoms with Crippen molar-refractivity contribution in [2.24, 2.45) is 0 Å². The van der Waals surface area contributed by atoms with Gasteiger partial charge in [0.1, 0.15) is 12.4 Å². The van der Waals surface area contributed by atoms with E-state index in [0.717, 1.165) is 80.1 Å². The van der Waals surface area contributed by atoms with Crippen molar-refractivity contribution < 1.29 is 19.4 Å². The van der Waals surface area contributed by atoms with Crippen LogP contribution in [-0.4, -0.2) is 80.0 Å². The van der Waals surface area contributed by atoms with Gasteiger partial charge in [-0.15, -0.1) is 0 Å². The SMILES string of the molecule is CCN(CCN1CCOCC1)C/C(=C\c1ccc(C(=O)O)cc1)COc1cccc2ccccc12. The fourth-order valence-electron chi connectivity index (χ4n) is 4.33. The number of aromatic carboxylic acids is 1. The number of ether oxygens (including phenoxy) is 2. The Kier molecular flexibility index (Phi) is 8.90. The Morgan fingerprint density at radius 1 is 1.06 bits per heavy atom. The van der Waals surface area contributed by atoms with E-state index >= 15 is 0 Å². The maximum atomic E-state index is 11.2. The van der Waals surface area contributed by atoms with Crippen LogP contribution in [-0.2, 0) is 4.74 Å². The maximum Gasteiger partial charge on any atom is 0.335 e. The van der Waals surface area contributed by atoms with Crippen molar-refractivity contribution in [1.29, 1.82) is 0 Å². The summed E-state index contributed by atoms with van der Waals surface area (Å²) in [6.07, 6.45) is 2.12. The lowest BCUT2D eigenvalue weighted by Crippen LogP contribution is -2.42. The summed E-state index contributed by atoms with van der Waals surface area (Å²) < 4.78 is 11.8. The molecule has 0 unspecified atom stereocenters. The molecule has 3 aromatic rings. The number of hydrogen-bond acceptors (Lipinski definition) is 5. The van der Waals surface area contributed by atoms with Gasteiger partial charge < -0.3 is 14.6 Å². The Morgan fingerprint density at radius 3 is 2.54 bits per heavy atom. The predicted octanol–water partition coefficient (Wildman–Crippen LogP) is 4.65. The number of nitrogens with zero attached hydrogens (tertiary/aromatic N) is 2. The van der Waals surface area contributed by atoms with Crippen molar-refractivity contribution >= 4 is 22.8 Å². The Hall–Kier alpha value is -3.19. The van der Waals surface area contributed by atoms with Gasteiger partial charge >= 0.3 is 5.97 Å². The quantitative estimate of drug-likeness (QED) is 0.436.